The van der Waals surface area contributed by atoms with Crippen LogP contribution in [0.2, 0.25) is 0 Å². The van der Waals surface area contributed by atoms with Gasteiger partial charge in [-0.3, -0.25) is 14.4 Å². The van der Waals surface area contributed by atoms with Gasteiger partial charge in [0.25, 0.3) is 5.91 Å². The minimum Gasteiger partial charge on any atom is -0.480 e. The molecule has 1 aromatic heterocycles. The lowest BCUT2D eigenvalue weighted by molar-refractivity contribution is -0.141. The van der Waals surface area contributed by atoms with Crippen LogP contribution in [0.25, 0.3) is 11.0 Å². The molecular formula is C27H29N3O8. The maximum Gasteiger partial charge on any atom is 0.408 e. The van der Waals surface area contributed by atoms with Gasteiger partial charge in [-0.1, -0.05) is 48.5 Å². The summed E-state index contributed by atoms with van der Waals surface area (Å²) in [6, 6.07) is 15.1. The maximum atomic E-state index is 12.6. The van der Waals surface area contributed by atoms with Crippen molar-refractivity contribution in [2.24, 2.45) is 0 Å². The molecule has 11 heteroatoms. The standard InChI is InChI=1S/C27H29N3O8/c1-17(25(33)34)29-24(32)21(30-27(36)37-16-18-9-3-2-4-10-18)12-7-8-14-28-23(31)20-15-19-11-5-6-13-22(19)38-26(20)35/h2-6,9-11,13,15,17,21H,7-8,12,14,16H2,1H3,(H,28,31)(H,29,32)(H,30,36)(H,33,34)/t17-,21-/m0/s1. The van der Waals surface area contributed by atoms with Crippen molar-refractivity contribution in [1.82, 2.24) is 16.0 Å². The minimum absolute atomic E-state index is 0.00132. The summed E-state index contributed by atoms with van der Waals surface area (Å²) >= 11 is 0. The number of nitrogens with one attached hydrogen (secondary N) is 3. The quantitative estimate of drug-likeness (QED) is 0.208. The molecule has 1 heterocycles. The smallest absolute Gasteiger partial charge is 0.408 e. The van der Waals surface area contributed by atoms with E-state index in [2.05, 4.69) is 16.0 Å². The number of benzene rings is 2. The zero-order chi connectivity index (χ0) is 27.5. The van der Waals surface area contributed by atoms with Crippen molar-refractivity contribution in [3.8, 4) is 0 Å². The number of para-hydroxylation sites is 1. The molecule has 0 aliphatic rings. The van der Waals surface area contributed by atoms with E-state index < -0.39 is 41.6 Å². The molecular weight excluding hydrogens is 494 g/mol. The largest absolute Gasteiger partial charge is 0.480 e. The molecule has 0 radical (unpaired) electrons. The van der Waals surface area contributed by atoms with E-state index in [1.54, 1.807) is 48.5 Å². The molecule has 3 aromatic rings. The summed E-state index contributed by atoms with van der Waals surface area (Å²) in [4.78, 5) is 60.6. The van der Waals surface area contributed by atoms with E-state index in [9.17, 15) is 24.0 Å². The molecule has 38 heavy (non-hydrogen) atoms. The van der Waals surface area contributed by atoms with Crippen LogP contribution in [0.3, 0.4) is 0 Å². The number of fused-ring (bicyclic) bond motifs is 1. The van der Waals surface area contributed by atoms with E-state index in [0.717, 1.165) is 5.56 Å². The molecule has 0 bridgehead atoms. The topological polar surface area (TPSA) is 164 Å². The molecule has 0 unspecified atom stereocenters. The maximum absolute atomic E-state index is 12.6. The van der Waals surface area contributed by atoms with Gasteiger partial charge in [-0.25, -0.2) is 9.59 Å². The highest BCUT2D eigenvalue weighted by Crippen LogP contribution is 2.12. The van der Waals surface area contributed by atoms with Crippen LogP contribution in [-0.4, -0.2) is 47.6 Å². The van der Waals surface area contributed by atoms with Gasteiger partial charge >= 0.3 is 17.7 Å². The number of hydrogen-bond acceptors (Lipinski definition) is 7. The summed E-state index contributed by atoms with van der Waals surface area (Å²) in [5.41, 5.74) is 0.278. The summed E-state index contributed by atoms with van der Waals surface area (Å²) in [5.74, 6) is -2.48. The van der Waals surface area contributed by atoms with Crippen LogP contribution >= 0.6 is 0 Å². The number of amides is 3. The fraction of sp³-hybridized carbons (Fsp3) is 0.296. The average Bonchev–Trinajstić information content (AvgIpc) is 2.90. The van der Waals surface area contributed by atoms with Crippen molar-refractivity contribution in [3.63, 3.8) is 0 Å². The van der Waals surface area contributed by atoms with Crippen LogP contribution in [0, 0.1) is 0 Å². The monoisotopic (exact) mass is 523 g/mol. The lowest BCUT2D eigenvalue weighted by atomic mass is 10.1. The van der Waals surface area contributed by atoms with Gasteiger partial charge in [-0.05, 0) is 43.9 Å². The fourth-order valence-electron chi connectivity index (χ4n) is 3.54. The van der Waals surface area contributed by atoms with Gasteiger partial charge in [0.2, 0.25) is 5.91 Å². The van der Waals surface area contributed by atoms with Gasteiger partial charge in [0.05, 0.1) is 0 Å². The molecule has 0 saturated heterocycles. The number of carbonyl (C=O) groups is 4. The Bertz CT molecular complexity index is 1340. The summed E-state index contributed by atoms with van der Waals surface area (Å²) in [5, 5.41) is 17.2. The van der Waals surface area contributed by atoms with E-state index >= 15 is 0 Å². The summed E-state index contributed by atoms with van der Waals surface area (Å²) in [7, 11) is 0. The van der Waals surface area contributed by atoms with Crippen LogP contribution in [0.4, 0.5) is 4.79 Å². The third kappa shape index (κ3) is 8.19. The molecule has 11 nitrogen and oxygen atoms in total. The van der Waals surface area contributed by atoms with Crippen molar-refractivity contribution < 1.29 is 33.4 Å². The number of unbranched alkanes of at least 4 members (excludes halogenated alkanes) is 1. The number of ether oxygens (including phenoxy) is 1. The van der Waals surface area contributed by atoms with Crippen LogP contribution in [0.5, 0.6) is 0 Å². The van der Waals surface area contributed by atoms with E-state index in [-0.39, 0.29) is 25.1 Å². The van der Waals surface area contributed by atoms with Gasteiger partial charge in [0.1, 0.15) is 29.8 Å². The van der Waals surface area contributed by atoms with Gasteiger partial charge in [0, 0.05) is 11.9 Å². The minimum atomic E-state index is -1.22. The summed E-state index contributed by atoms with van der Waals surface area (Å²) in [6.07, 6.45) is 0.148. The van der Waals surface area contributed by atoms with Crippen molar-refractivity contribution in [1.29, 1.82) is 0 Å². The molecule has 0 spiro atoms. The third-order valence-electron chi connectivity index (χ3n) is 5.64. The summed E-state index contributed by atoms with van der Waals surface area (Å²) < 4.78 is 10.3. The highest BCUT2D eigenvalue weighted by Gasteiger charge is 2.24. The van der Waals surface area contributed by atoms with Crippen molar-refractivity contribution in [2.75, 3.05) is 6.54 Å². The van der Waals surface area contributed by atoms with Crippen LogP contribution in [0.1, 0.15) is 42.1 Å². The highest BCUT2D eigenvalue weighted by molar-refractivity contribution is 5.96. The number of alkyl carbamates (subject to hydrolysis) is 1. The van der Waals surface area contributed by atoms with Crippen molar-refractivity contribution >= 4 is 34.8 Å². The van der Waals surface area contributed by atoms with Crippen molar-refractivity contribution in [3.05, 3.63) is 82.2 Å². The first-order chi connectivity index (χ1) is 18.2. The number of carbonyl (C=O) groups excluding carboxylic acids is 3. The zero-order valence-corrected chi connectivity index (χ0v) is 20.8. The second-order valence-corrected chi connectivity index (χ2v) is 8.56. The molecule has 3 amide bonds. The number of aliphatic carboxylic acids is 1. The number of rotatable bonds is 12. The second kappa shape index (κ2) is 13.6. The Kier molecular flexibility index (Phi) is 9.98. The van der Waals surface area contributed by atoms with E-state index in [1.807, 2.05) is 6.07 Å². The first kappa shape index (κ1) is 27.9. The predicted octanol–water partition coefficient (Wildman–Crippen LogP) is 2.58. The molecule has 200 valence electrons. The van der Waals surface area contributed by atoms with Gasteiger partial charge in [0.15, 0.2) is 0 Å². The molecule has 3 rings (SSSR count). The first-order valence-corrected chi connectivity index (χ1v) is 12.1. The average molecular weight is 524 g/mol. The number of hydrogen-bond donors (Lipinski definition) is 4. The van der Waals surface area contributed by atoms with Gasteiger partial charge < -0.3 is 30.2 Å². The first-order valence-electron chi connectivity index (χ1n) is 12.1. The highest BCUT2D eigenvalue weighted by atomic mass is 16.5. The molecule has 0 saturated carbocycles. The van der Waals surface area contributed by atoms with Crippen LogP contribution in [0.15, 0.2) is 69.9 Å². The SMILES string of the molecule is C[C@H](NC(=O)[C@H](CCCCNC(=O)c1cc2ccccc2oc1=O)NC(=O)OCc1ccccc1)C(=O)O. The molecule has 2 atom stereocenters. The van der Waals surface area contributed by atoms with Crippen LogP contribution < -0.4 is 21.6 Å². The zero-order valence-electron chi connectivity index (χ0n) is 20.8. The molecule has 2 aromatic carbocycles. The predicted molar refractivity (Wildman–Crippen MR) is 137 cm³/mol. The van der Waals surface area contributed by atoms with Gasteiger partial charge in [-0.15, -0.1) is 0 Å². The summed E-state index contributed by atoms with van der Waals surface area (Å²) in [6.45, 7) is 1.51. The van der Waals surface area contributed by atoms with Crippen LogP contribution in [-0.2, 0) is 20.9 Å². The second-order valence-electron chi connectivity index (χ2n) is 8.56. The van der Waals surface area contributed by atoms with Gasteiger partial charge in [-0.2, -0.15) is 0 Å². The molecule has 0 aliphatic carbocycles. The lowest BCUT2D eigenvalue weighted by Gasteiger charge is -2.20. The lowest BCUT2D eigenvalue weighted by Crippen LogP contribution is -2.50. The molecule has 0 aliphatic heterocycles. The number of carboxylic acid groups (broad SMARTS) is 1. The van der Waals surface area contributed by atoms with E-state index in [1.165, 1.54) is 13.0 Å². The normalized spacial score (nSPS) is 12.2. The third-order valence-corrected chi connectivity index (χ3v) is 5.64. The van der Waals surface area contributed by atoms with E-state index in [0.29, 0.717) is 23.8 Å². The Labute approximate surface area is 218 Å². The fourth-order valence-corrected chi connectivity index (χ4v) is 3.54. The van der Waals surface area contributed by atoms with E-state index in [4.69, 9.17) is 14.3 Å². The Morgan fingerprint density at radius 3 is 2.42 bits per heavy atom. The Morgan fingerprint density at radius 1 is 0.974 bits per heavy atom. The molecule has 0 fully saturated rings. The number of carboxylic acids is 1. The Morgan fingerprint density at radius 2 is 1.68 bits per heavy atom. The molecule has 4 N–H and O–H groups in total. The Balaban J connectivity index is 1.51. The Hall–Kier alpha value is -4.67. The van der Waals surface area contributed by atoms with Crippen molar-refractivity contribution in [2.45, 2.75) is 44.9 Å².